The molecule has 0 spiro atoms. The molecule has 0 bridgehead atoms. The predicted molar refractivity (Wildman–Crippen MR) is 195 cm³/mol. The van der Waals surface area contributed by atoms with Crippen molar-refractivity contribution in [2.45, 2.75) is 64.1 Å². The first-order valence-electron chi connectivity index (χ1n) is 16.3. The topological polar surface area (TPSA) is 144 Å². The molecule has 0 fully saturated rings. The van der Waals surface area contributed by atoms with Crippen molar-refractivity contribution in [3.63, 3.8) is 0 Å². The van der Waals surface area contributed by atoms with Crippen molar-refractivity contribution in [1.82, 2.24) is 29.9 Å². The number of sulfonamides is 1. The van der Waals surface area contributed by atoms with E-state index in [1.165, 1.54) is 35.3 Å². The van der Waals surface area contributed by atoms with Crippen LogP contribution in [0.1, 0.15) is 60.9 Å². The molecule has 1 amide bonds. The summed E-state index contributed by atoms with van der Waals surface area (Å²) in [6.07, 6.45) is 4.36. The van der Waals surface area contributed by atoms with E-state index in [0.717, 1.165) is 49.3 Å². The molecular weight excluding hydrogens is 735 g/mol. The number of amides is 1. The summed E-state index contributed by atoms with van der Waals surface area (Å²) in [7, 11) is -2.12. The first-order valence-corrected chi connectivity index (χ1v) is 19.0. The quantitative estimate of drug-likeness (QED) is 0.159. The number of pyridine rings is 1. The number of hydrogen-bond acceptors (Lipinski definition) is 7. The van der Waals surface area contributed by atoms with Crippen molar-refractivity contribution in [3.05, 3.63) is 92.5 Å². The first-order chi connectivity index (χ1) is 24.5. The molecule has 0 radical (unpaired) electrons. The smallest absolute Gasteiger partial charge is 0.242 e. The number of nitrogens with one attached hydrogen (secondary N) is 2. The number of rotatable bonds is 9. The molecule has 0 aliphatic heterocycles. The van der Waals surface area contributed by atoms with Gasteiger partial charge in [-0.15, -0.1) is 0 Å². The zero-order valence-electron chi connectivity index (χ0n) is 28.7. The molecule has 1 aliphatic carbocycles. The van der Waals surface area contributed by atoms with Gasteiger partial charge in [0.05, 0.1) is 39.6 Å². The average molecular weight is 771 g/mol. The van der Waals surface area contributed by atoms with Gasteiger partial charge in [-0.05, 0) is 87.8 Å². The Morgan fingerprint density at radius 2 is 1.75 bits per heavy atom. The molecule has 272 valence electrons. The van der Waals surface area contributed by atoms with Crippen molar-refractivity contribution in [2.75, 3.05) is 11.0 Å². The lowest BCUT2D eigenvalue weighted by Gasteiger charge is -2.23. The molecule has 1 aliphatic rings. The van der Waals surface area contributed by atoms with E-state index in [4.69, 9.17) is 28.2 Å². The third-order valence-electron chi connectivity index (χ3n) is 8.41. The Morgan fingerprint density at radius 3 is 2.42 bits per heavy atom. The second kappa shape index (κ2) is 14.5. The summed E-state index contributed by atoms with van der Waals surface area (Å²) in [4.78, 5) is 18.7. The summed E-state index contributed by atoms with van der Waals surface area (Å²) < 4.78 is 58.8. The molecule has 3 N–H and O–H groups in total. The predicted octanol–water partition coefficient (Wildman–Crippen LogP) is 5.89. The Balaban J connectivity index is 1.52. The fourth-order valence-electron chi connectivity index (χ4n) is 6.33. The number of nitrogens with zero attached hydrogens (tertiary/aromatic N) is 5. The average Bonchev–Trinajstić information content (AvgIpc) is 3.53. The summed E-state index contributed by atoms with van der Waals surface area (Å²) >= 11 is 13.3. The lowest BCUT2D eigenvalue weighted by molar-refractivity contribution is -0.122. The van der Waals surface area contributed by atoms with E-state index in [2.05, 4.69) is 32.1 Å². The van der Waals surface area contributed by atoms with Crippen LogP contribution in [0, 0.1) is 23.5 Å². The normalized spacial score (nSPS) is 13.7. The van der Waals surface area contributed by atoms with E-state index >= 15 is 0 Å². The maximum absolute atomic E-state index is 14.5. The van der Waals surface area contributed by atoms with E-state index in [1.807, 2.05) is 0 Å². The Bertz CT molecular complexity index is 2370. The number of aliphatic hydroxyl groups is 1. The van der Waals surface area contributed by atoms with Crippen LogP contribution in [0.4, 0.5) is 14.6 Å². The zero-order valence-corrected chi connectivity index (χ0v) is 31.0. The molecule has 2 aromatic carbocycles. The minimum absolute atomic E-state index is 0.00732. The highest BCUT2D eigenvalue weighted by Gasteiger charge is 2.27. The van der Waals surface area contributed by atoms with E-state index in [9.17, 15) is 27.1 Å². The first kappa shape index (κ1) is 37.2. The number of aryl methyl sites for hydroxylation is 2. The van der Waals surface area contributed by atoms with E-state index in [0.29, 0.717) is 27.2 Å². The van der Waals surface area contributed by atoms with Crippen LogP contribution < -0.4 is 10.0 Å². The summed E-state index contributed by atoms with van der Waals surface area (Å²) in [6, 6.07) is 8.70. The molecule has 1 atom stereocenters. The molecule has 3 heterocycles. The van der Waals surface area contributed by atoms with Crippen LogP contribution in [0.15, 0.2) is 42.5 Å². The van der Waals surface area contributed by atoms with Gasteiger partial charge in [-0.3, -0.25) is 14.2 Å². The van der Waals surface area contributed by atoms with Crippen LogP contribution in [0.3, 0.4) is 0 Å². The summed E-state index contributed by atoms with van der Waals surface area (Å²) in [5, 5.41) is 23.2. The van der Waals surface area contributed by atoms with Gasteiger partial charge in [0.25, 0.3) is 0 Å². The molecular formula is C36H35Cl2F2N7O4S. The van der Waals surface area contributed by atoms with Crippen LogP contribution in [0.2, 0.25) is 10.2 Å². The molecule has 16 heteroatoms. The fraction of sp³-hybridized carbons (Fsp3) is 0.333. The maximum atomic E-state index is 14.5. The molecule has 0 saturated carbocycles. The minimum Gasteiger partial charge on any atom is -0.378 e. The SMILES string of the molecule is Cn1nc(NS(C)(=O)=O)c2c(Cl)ccc(-c3ccc(C#CC(C)(C)O)nc3C(Cc3cc(F)cc(F)c3)NC(=O)Cn3nc4c(c3Cl)CCCC4)c21. The van der Waals surface area contributed by atoms with Gasteiger partial charge in [0.1, 0.15) is 34.6 Å². The number of halogens is 4. The summed E-state index contributed by atoms with van der Waals surface area (Å²) in [6.45, 7) is 2.80. The van der Waals surface area contributed by atoms with Crippen LogP contribution in [-0.4, -0.2) is 55.8 Å². The van der Waals surface area contributed by atoms with Gasteiger partial charge in [0, 0.05) is 29.8 Å². The van der Waals surface area contributed by atoms with Crippen LogP contribution in [0.25, 0.3) is 22.0 Å². The number of anilines is 1. The van der Waals surface area contributed by atoms with Crippen LogP contribution in [-0.2, 0) is 47.7 Å². The van der Waals surface area contributed by atoms with Crippen molar-refractivity contribution < 1.29 is 27.1 Å². The molecule has 11 nitrogen and oxygen atoms in total. The summed E-state index contributed by atoms with van der Waals surface area (Å²) in [5.41, 5.74) is 2.55. The second-order valence-electron chi connectivity index (χ2n) is 13.3. The van der Waals surface area contributed by atoms with E-state index in [1.54, 1.807) is 31.3 Å². The molecule has 6 rings (SSSR count). The molecule has 5 aromatic rings. The molecule has 1 unspecified atom stereocenters. The lowest BCUT2D eigenvalue weighted by atomic mass is 9.93. The van der Waals surface area contributed by atoms with E-state index < -0.39 is 39.2 Å². The van der Waals surface area contributed by atoms with Crippen LogP contribution >= 0.6 is 23.2 Å². The third-order valence-corrected chi connectivity index (χ3v) is 9.71. The number of aromatic nitrogens is 5. The number of hydrogen-bond donors (Lipinski definition) is 3. The van der Waals surface area contributed by atoms with Gasteiger partial charge in [-0.2, -0.15) is 10.2 Å². The standard InChI is InChI=1S/C36H35Cl2F2N7O4S/c1-36(2,49)14-13-23-9-10-24(25-11-12-27(37)31-33(25)46(3)44-35(31)45-52(4,50)51)32(41-23)29(17-20-15-21(39)18-22(40)16-20)42-30(48)19-47-34(38)26-7-5-6-8-28(26)43-47/h9-12,15-16,18,29,49H,5-8,17,19H2,1-4H3,(H,42,48)(H,44,45). The number of fused-ring (bicyclic) bond motifs is 2. The Kier molecular flexibility index (Phi) is 10.4. The number of benzene rings is 2. The highest BCUT2D eigenvalue weighted by atomic mass is 35.5. The second-order valence-corrected chi connectivity index (χ2v) is 15.8. The van der Waals surface area contributed by atoms with Gasteiger partial charge < -0.3 is 10.4 Å². The maximum Gasteiger partial charge on any atom is 0.242 e. The minimum atomic E-state index is -3.74. The molecule has 0 saturated heterocycles. The summed E-state index contributed by atoms with van der Waals surface area (Å²) in [5.74, 6) is 3.52. The van der Waals surface area contributed by atoms with Gasteiger partial charge in [0.15, 0.2) is 5.82 Å². The Labute approximate surface area is 309 Å². The Hall–Kier alpha value is -4.55. The zero-order chi connectivity index (χ0) is 37.5. The number of carbonyl (C=O) groups is 1. The number of carbonyl (C=O) groups excluding carboxylic acids is 1. The Morgan fingerprint density at radius 1 is 1.06 bits per heavy atom. The molecule has 3 aromatic heterocycles. The van der Waals surface area contributed by atoms with Crippen molar-refractivity contribution >= 4 is 55.9 Å². The van der Waals surface area contributed by atoms with Gasteiger partial charge in [-0.25, -0.2) is 26.9 Å². The highest BCUT2D eigenvalue weighted by Crippen LogP contribution is 2.40. The van der Waals surface area contributed by atoms with Crippen LogP contribution in [0.5, 0.6) is 0 Å². The van der Waals surface area contributed by atoms with Gasteiger partial charge >= 0.3 is 0 Å². The fourth-order valence-corrected chi connectivity index (χ4v) is 7.36. The molecule has 52 heavy (non-hydrogen) atoms. The largest absolute Gasteiger partial charge is 0.378 e. The van der Waals surface area contributed by atoms with Gasteiger partial charge in [-0.1, -0.05) is 35.2 Å². The van der Waals surface area contributed by atoms with Crippen molar-refractivity contribution in [2.24, 2.45) is 7.05 Å². The van der Waals surface area contributed by atoms with Gasteiger partial charge in [0.2, 0.25) is 15.9 Å². The van der Waals surface area contributed by atoms with Crippen molar-refractivity contribution in [1.29, 1.82) is 0 Å². The lowest BCUT2D eigenvalue weighted by Crippen LogP contribution is -2.34. The van der Waals surface area contributed by atoms with E-state index in [-0.39, 0.29) is 40.8 Å². The highest BCUT2D eigenvalue weighted by molar-refractivity contribution is 7.92. The monoisotopic (exact) mass is 769 g/mol. The third kappa shape index (κ3) is 8.39. The van der Waals surface area contributed by atoms with Crippen molar-refractivity contribution in [3.8, 4) is 23.0 Å².